The second kappa shape index (κ2) is 21.2. The van der Waals surface area contributed by atoms with Crippen molar-refractivity contribution in [3.63, 3.8) is 0 Å². The van der Waals surface area contributed by atoms with Gasteiger partial charge in [-0.25, -0.2) is 0 Å². The Morgan fingerprint density at radius 3 is 1.32 bits per heavy atom. The highest BCUT2D eigenvalue weighted by atomic mass is 16.5. The number of rotatable bonds is 16. The van der Waals surface area contributed by atoms with Gasteiger partial charge in [-0.2, -0.15) is 0 Å². The largest absolute Gasteiger partial charge is 0.360 e. The highest BCUT2D eigenvalue weighted by Crippen LogP contribution is 2.41. The van der Waals surface area contributed by atoms with Gasteiger partial charge in [-0.15, -0.1) is 0 Å². The van der Waals surface area contributed by atoms with E-state index in [1.54, 1.807) is 12.1 Å². The number of hydrogen-bond donors (Lipinski definition) is 6. The van der Waals surface area contributed by atoms with Crippen LogP contribution in [0.1, 0.15) is 146 Å². The van der Waals surface area contributed by atoms with Crippen LogP contribution in [0.25, 0.3) is 0 Å². The molecule has 4 fully saturated rings. The summed E-state index contributed by atoms with van der Waals surface area (Å²) in [6.07, 6.45) is 11.7. The topological polar surface area (TPSA) is 220 Å². The van der Waals surface area contributed by atoms with E-state index in [-0.39, 0.29) is 71.7 Å². The molecule has 62 heavy (non-hydrogen) atoms. The molecule has 8 rings (SSSR count). The lowest BCUT2D eigenvalue weighted by atomic mass is 9.78. The summed E-state index contributed by atoms with van der Waals surface area (Å²) >= 11 is 0. The van der Waals surface area contributed by atoms with E-state index in [0.717, 1.165) is 88.6 Å². The number of nitrogens with zero attached hydrogens (tertiary/aromatic N) is 2. The number of carbonyl (C=O) groups excluding carboxylic acids is 4. The molecule has 4 saturated carbocycles. The maximum absolute atomic E-state index is 12.8. The number of carbonyl (C=O) groups is 4. The van der Waals surface area contributed by atoms with Crippen molar-refractivity contribution in [3.05, 3.63) is 107 Å². The summed E-state index contributed by atoms with van der Waals surface area (Å²) in [5, 5.41) is 20.6. The number of nitrogens with one attached hydrogen (secondary N) is 4. The Morgan fingerprint density at radius 2 is 0.968 bits per heavy atom. The van der Waals surface area contributed by atoms with Crippen LogP contribution < -0.4 is 32.7 Å². The summed E-state index contributed by atoms with van der Waals surface area (Å²) in [4.78, 5) is 50.1. The Labute approximate surface area is 364 Å². The molecule has 4 amide bonds. The average molecular weight is 849 g/mol. The van der Waals surface area contributed by atoms with Crippen LogP contribution in [-0.2, 0) is 22.4 Å². The van der Waals surface area contributed by atoms with Crippen molar-refractivity contribution < 1.29 is 28.2 Å². The van der Waals surface area contributed by atoms with E-state index in [1.165, 1.54) is 11.1 Å². The van der Waals surface area contributed by atoms with Gasteiger partial charge in [-0.3, -0.25) is 19.2 Å². The smallest absolute Gasteiger partial charge is 0.273 e. The van der Waals surface area contributed by atoms with E-state index in [4.69, 9.17) is 20.5 Å². The van der Waals surface area contributed by atoms with E-state index in [2.05, 4.69) is 55.8 Å². The molecule has 0 radical (unpaired) electrons. The maximum atomic E-state index is 12.8. The third kappa shape index (κ3) is 13.3. The van der Waals surface area contributed by atoms with E-state index >= 15 is 0 Å². The first kappa shape index (κ1) is 44.7. The number of nitrogens with two attached hydrogens (primary N) is 2. The fourth-order valence-electron chi connectivity index (χ4n) is 9.01. The Morgan fingerprint density at radius 1 is 0.581 bits per heavy atom. The van der Waals surface area contributed by atoms with Crippen LogP contribution in [0.2, 0.25) is 0 Å². The number of benzene rings is 2. The van der Waals surface area contributed by atoms with E-state index < -0.39 is 0 Å². The maximum Gasteiger partial charge on any atom is 0.273 e. The normalized spacial score (nSPS) is 24.4. The predicted molar refractivity (Wildman–Crippen MR) is 235 cm³/mol. The van der Waals surface area contributed by atoms with Crippen LogP contribution in [0.4, 0.5) is 0 Å². The van der Waals surface area contributed by atoms with E-state index in [0.29, 0.717) is 36.1 Å². The molecule has 2 aromatic carbocycles. The molecule has 8 N–H and O–H groups in total. The summed E-state index contributed by atoms with van der Waals surface area (Å²) in [7, 11) is 0. The third-order valence-electron chi connectivity index (χ3n) is 12.5. The molecule has 14 nitrogen and oxygen atoms in total. The fourth-order valence-corrected chi connectivity index (χ4v) is 9.01. The molecule has 14 heteroatoms. The molecular formula is C48H64N8O6. The molecule has 0 spiro atoms. The van der Waals surface area contributed by atoms with Crippen LogP contribution in [0.15, 0.2) is 81.8 Å². The van der Waals surface area contributed by atoms with Gasteiger partial charge < -0.3 is 41.8 Å². The minimum atomic E-state index is -0.182. The van der Waals surface area contributed by atoms with Crippen molar-refractivity contribution in [2.75, 3.05) is 0 Å². The van der Waals surface area contributed by atoms with Gasteiger partial charge in [-0.05, 0) is 114 Å². The first-order valence-corrected chi connectivity index (χ1v) is 22.7. The van der Waals surface area contributed by atoms with Gasteiger partial charge in [-0.1, -0.05) is 71.0 Å². The number of hydrogen-bond acceptors (Lipinski definition) is 10. The van der Waals surface area contributed by atoms with Crippen molar-refractivity contribution in [2.24, 2.45) is 23.3 Å². The lowest BCUT2D eigenvalue weighted by Gasteiger charge is -2.37. The lowest BCUT2D eigenvalue weighted by Crippen LogP contribution is -2.49. The van der Waals surface area contributed by atoms with Crippen LogP contribution >= 0.6 is 0 Å². The highest BCUT2D eigenvalue weighted by molar-refractivity contribution is 5.93. The quantitative estimate of drug-likeness (QED) is 0.0792. The van der Waals surface area contributed by atoms with Gasteiger partial charge in [0, 0.05) is 73.1 Å². The minimum absolute atomic E-state index is 0.00357. The van der Waals surface area contributed by atoms with Gasteiger partial charge in [0.25, 0.3) is 11.8 Å². The molecule has 4 aliphatic rings. The molecule has 0 aliphatic heterocycles. The molecule has 2 aromatic heterocycles. The van der Waals surface area contributed by atoms with Crippen molar-refractivity contribution in [1.82, 2.24) is 31.6 Å². The van der Waals surface area contributed by atoms with Gasteiger partial charge in [0.05, 0.1) is 0 Å². The predicted octanol–water partition coefficient (Wildman–Crippen LogP) is 5.83. The van der Waals surface area contributed by atoms with E-state index in [9.17, 15) is 19.2 Å². The molecule has 8 atom stereocenters. The Balaban J connectivity index is 0.000000186. The number of aromatic nitrogens is 2. The van der Waals surface area contributed by atoms with E-state index in [1.807, 2.05) is 50.2 Å². The highest BCUT2D eigenvalue weighted by Gasteiger charge is 2.36. The lowest BCUT2D eigenvalue weighted by molar-refractivity contribution is -0.123. The Hall–Kier alpha value is -5.34. The molecule has 332 valence electrons. The first-order valence-electron chi connectivity index (χ1n) is 22.7. The zero-order valence-corrected chi connectivity index (χ0v) is 36.1. The molecule has 4 aromatic rings. The van der Waals surface area contributed by atoms with Crippen LogP contribution in [0, 0.1) is 11.8 Å². The summed E-state index contributed by atoms with van der Waals surface area (Å²) in [5.41, 5.74) is 14.7. The average Bonchev–Trinajstić information content (AvgIpc) is 4.17. The molecular weight excluding hydrogens is 785 g/mol. The third-order valence-corrected chi connectivity index (χ3v) is 12.5. The Bertz CT molecular complexity index is 1930. The molecule has 0 bridgehead atoms. The van der Waals surface area contributed by atoms with Crippen molar-refractivity contribution in [2.45, 2.75) is 152 Å². The number of amides is 4. The SMILES string of the molecule is C[C@@H](N)CC(=O)N[C@@H]1CC[C@@H](NC(=O)c2cc(C3CC3)on2)[C@@H](Cc2ccccc2)C1.C[C@@H](N)CC(=O)N[C@H]1CC[C@H](NC(=O)c2cc(C3CC3)on2)[C@H](Cc2ccccc2)C1. The summed E-state index contributed by atoms with van der Waals surface area (Å²) in [6.45, 7) is 3.67. The molecule has 0 unspecified atom stereocenters. The van der Waals surface area contributed by atoms with Gasteiger partial charge >= 0.3 is 0 Å². The van der Waals surface area contributed by atoms with Gasteiger partial charge in [0.2, 0.25) is 11.8 Å². The standard InChI is InChI=1S/2C24H32N4O3/c2*1-15(25)11-23(29)26-19-9-10-20(18(13-19)12-16-5-3-2-4-6-16)27-24(30)21-14-22(31-28-21)17-7-8-17/h2*2-6,14-15,17-20H,7-13,25H2,1H3,(H,26,29)(H,27,30)/t15-,18+,19-,20-;15-,18-,19+,20+/m11/s1. The summed E-state index contributed by atoms with van der Waals surface area (Å²) in [6, 6.07) is 24.0. The van der Waals surface area contributed by atoms with Crippen molar-refractivity contribution >= 4 is 23.6 Å². The van der Waals surface area contributed by atoms with Gasteiger partial charge in [0.1, 0.15) is 11.5 Å². The molecule has 0 saturated heterocycles. The monoisotopic (exact) mass is 848 g/mol. The van der Waals surface area contributed by atoms with Crippen molar-refractivity contribution in [3.8, 4) is 0 Å². The minimum Gasteiger partial charge on any atom is -0.360 e. The summed E-state index contributed by atoms with van der Waals surface area (Å²) in [5.74, 6) is 2.54. The second-order valence-electron chi connectivity index (χ2n) is 18.4. The van der Waals surface area contributed by atoms with Gasteiger partial charge in [0.15, 0.2) is 11.4 Å². The zero-order chi connectivity index (χ0) is 43.6. The van der Waals surface area contributed by atoms with Crippen molar-refractivity contribution in [1.29, 1.82) is 0 Å². The Kier molecular flexibility index (Phi) is 15.3. The van der Waals surface area contributed by atoms with Crippen LogP contribution in [0.5, 0.6) is 0 Å². The van der Waals surface area contributed by atoms with Crippen LogP contribution in [0.3, 0.4) is 0 Å². The molecule has 2 heterocycles. The zero-order valence-electron chi connectivity index (χ0n) is 36.1. The fraction of sp³-hybridized carbons (Fsp3) is 0.542. The van der Waals surface area contributed by atoms with Crippen LogP contribution in [-0.4, -0.2) is 70.2 Å². The summed E-state index contributed by atoms with van der Waals surface area (Å²) < 4.78 is 10.7. The second-order valence-corrected chi connectivity index (χ2v) is 18.4. The first-order chi connectivity index (χ1) is 29.9. The molecule has 4 aliphatic carbocycles.